The maximum absolute atomic E-state index is 12.9. The molecule has 0 aliphatic rings. The van der Waals surface area contributed by atoms with Gasteiger partial charge in [0.2, 0.25) is 11.8 Å². The van der Waals surface area contributed by atoms with Crippen molar-refractivity contribution in [3.05, 3.63) is 54.4 Å². The smallest absolute Gasteiger partial charge is 0.283 e. The van der Waals surface area contributed by atoms with Gasteiger partial charge in [-0.15, -0.1) is 10.2 Å². The molecule has 0 aliphatic carbocycles. The molecule has 1 amide bonds. The van der Waals surface area contributed by atoms with Crippen molar-refractivity contribution in [1.82, 2.24) is 15.1 Å². The van der Waals surface area contributed by atoms with Crippen LogP contribution in [0.25, 0.3) is 11.7 Å². The molecule has 2 heterocycles. The Bertz CT molecular complexity index is 831. The molecule has 0 saturated carbocycles. The second-order valence-corrected chi connectivity index (χ2v) is 5.74. The minimum Gasteiger partial charge on any atom is -0.459 e. The van der Waals surface area contributed by atoms with Gasteiger partial charge in [0, 0.05) is 5.69 Å². The van der Waals surface area contributed by atoms with Crippen molar-refractivity contribution in [1.29, 1.82) is 0 Å². The second kappa shape index (κ2) is 8.39. The van der Waals surface area contributed by atoms with E-state index in [9.17, 15) is 9.18 Å². The van der Waals surface area contributed by atoms with Crippen molar-refractivity contribution in [2.45, 2.75) is 19.9 Å². The lowest BCUT2D eigenvalue weighted by atomic mass is 10.3. The summed E-state index contributed by atoms with van der Waals surface area (Å²) in [6.07, 6.45) is 2.39. The Morgan fingerprint density at radius 1 is 1.23 bits per heavy atom. The number of anilines is 1. The van der Waals surface area contributed by atoms with E-state index in [0.29, 0.717) is 36.3 Å². The molecule has 1 N–H and O–H groups in total. The van der Waals surface area contributed by atoms with Gasteiger partial charge in [0.1, 0.15) is 5.82 Å². The van der Waals surface area contributed by atoms with Crippen LogP contribution in [0.5, 0.6) is 0 Å². The van der Waals surface area contributed by atoms with Crippen LogP contribution in [0, 0.1) is 5.82 Å². The summed E-state index contributed by atoms with van der Waals surface area (Å²) >= 11 is 0. The zero-order valence-electron chi connectivity index (χ0n) is 14.3. The number of aromatic nitrogens is 2. The van der Waals surface area contributed by atoms with E-state index in [1.165, 1.54) is 30.5 Å². The van der Waals surface area contributed by atoms with E-state index in [1.54, 1.807) is 12.1 Å². The summed E-state index contributed by atoms with van der Waals surface area (Å²) in [7, 11) is 0. The molecule has 1 aromatic carbocycles. The third-order valence-electron chi connectivity index (χ3n) is 3.59. The summed E-state index contributed by atoms with van der Waals surface area (Å²) in [5, 5.41) is 10.7. The monoisotopic (exact) mass is 358 g/mol. The molecular weight excluding hydrogens is 339 g/mol. The van der Waals surface area contributed by atoms with Crippen LogP contribution in [0.1, 0.15) is 19.2 Å². The number of furan rings is 1. The topological polar surface area (TPSA) is 84.4 Å². The number of benzene rings is 1. The number of carbonyl (C=O) groups is 1. The molecule has 7 nitrogen and oxygen atoms in total. The molecule has 0 spiro atoms. The average molecular weight is 358 g/mol. The lowest BCUT2D eigenvalue weighted by Gasteiger charge is -2.19. The zero-order valence-corrected chi connectivity index (χ0v) is 14.3. The number of halogens is 1. The summed E-state index contributed by atoms with van der Waals surface area (Å²) in [4.78, 5) is 14.1. The minimum atomic E-state index is -0.348. The minimum absolute atomic E-state index is 0.156. The van der Waals surface area contributed by atoms with Gasteiger partial charge in [-0.3, -0.25) is 9.69 Å². The van der Waals surface area contributed by atoms with E-state index >= 15 is 0 Å². The largest absolute Gasteiger partial charge is 0.459 e. The lowest BCUT2D eigenvalue weighted by Crippen LogP contribution is -2.33. The van der Waals surface area contributed by atoms with Gasteiger partial charge in [0.25, 0.3) is 5.89 Å². The fourth-order valence-electron chi connectivity index (χ4n) is 2.48. The van der Waals surface area contributed by atoms with Crippen LogP contribution in [0.2, 0.25) is 0 Å². The highest BCUT2D eigenvalue weighted by Crippen LogP contribution is 2.18. The number of hydrogen-bond acceptors (Lipinski definition) is 6. The van der Waals surface area contributed by atoms with Gasteiger partial charge in [-0.1, -0.05) is 6.92 Å². The Kier molecular flexibility index (Phi) is 5.75. The average Bonchev–Trinajstić information content (AvgIpc) is 3.28. The fourth-order valence-corrected chi connectivity index (χ4v) is 2.48. The van der Waals surface area contributed by atoms with Crippen LogP contribution in [-0.2, 0) is 11.3 Å². The summed E-state index contributed by atoms with van der Waals surface area (Å²) in [5.41, 5.74) is 0.547. The van der Waals surface area contributed by atoms with E-state index in [2.05, 4.69) is 15.5 Å². The molecule has 0 saturated heterocycles. The first-order valence-electron chi connectivity index (χ1n) is 8.28. The zero-order chi connectivity index (χ0) is 18.4. The highest BCUT2D eigenvalue weighted by Gasteiger charge is 2.16. The van der Waals surface area contributed by atoms with E-state index < -0.39 is 0 Å². The SMILES string of the molecule is CCCN(CC(=O)Nc1ccc(F)cc1)Cc1nnc(-c2ccco2)o1. The van der Waals surface area contributed by atoms with Crippen LogP contribution in [0.15, 0.2) is 51.5 Å². The highest BCUT2D eigenvalue weighted by molar-refractivity contribution is 5.92. The predicted molar refractivity (Wildman–Crippen MR) is 92.6 cm³/mol. The van der Waals surface area contributed by atoms with Crippen LogP contribution < -0.4 is 5.32 Å². The van der Waals surface area contributed by atoms with Crippen molar-refractivity contribution in [3.63, 3.8) is 0 Å². The van der Waals surface area contributed by atoms with E-state index in [0.717, 1.165) is 6.42 Å². The van der Waals surface area contributed by atoms with E-state index in [-0.39, 0.29) is 18.3 Å². The van der Waals surface area contributed by atoms with Crippen LogP contribution in [-0.4, -0.2) is 34.1 Å². The maximum Gasteiger partial charge on any atom is 0.283 e. The Hall–Kier alpha value is -3.00. The fraction of sp³-hybridized carbons (Fsp3) is 0.278. The first-order valence-corrected chi connectivity index (χ1v) is 8.28. The molecule has 0 unspecified atom stereocenters. The Balaban J connectivity index is 1.59. The Morgan fingerprint density at radius 2 is 2.04 bits per heavy atom. The second-order valence-electron chi connectivity index (χ2n) is 5.74. The molecule has 0 radical (unpaired) electrons. The Labute approximate surface area is 149 Å². The maximum atomic E-state index is 12.9. The normalized spacial score (nSPS) is 11.0. The van der Waals surface area contributed by atoms with Gasteiger partial charge in [0.05, 0.1) is 19.4 Å². The summed E-state index contributed by atoms with van der Waals surface area (Å²) in [5.74, 6) is 0.659. The van der Waals surface area contributed by atoms with Crippen molar-refractivity contribution in [3.8, 4) is 11.7 Å². The van der Waals surface area contributed by atoms with Crippen molar-refractivity contribution in [2.75, 3.05) is 18.4 Å². The van der Waals surface area contributed by atoms with Crippen LogP contribution in [0.4, 0.5) is 10.1 Å². The van der Waals surface area contributed by atoms with E-state index in [4.69, 9.17) is 8.83 Å². The van der Waals surface area contributed by atoms with E-state index in [1.807, 2.05) is 11.8 Å². The van der Waals surface area contributed by atoms with Gasteiger partial charge in [-0.25, -0.2) is 4.39 Å². The molecule has 136 valence electrons. The molecule has 2 aromatic heterocycles. The third-order valence-corrected chi connectivity index (χ3v) is 3.59. The van der Waals surface area contributed by atoms with Crippen LogP contribution >= 0.6 is 0 Å². The summed E-state index contributed by atoms with van der Waals surface area (Å²) in [6.45, 7) is 3.21. The molecule has 0 atom stereocenters. The molecule has 0 bridgehead atoms. The predicted octanol–water partition coefficient (Wildman–Crippen LogP) is 3.32. The molecular formula is C18H19FN4O3. The summed E-state index contributed by atoms with van der Waals surface area (Å²) < 4.78 is 23.7. The van der Waals surface area contributed by atoms with Gasteiger partial charge < -0.3 is 14.2 Å². The number of nitrogens with zero attached hydrogens (tertiary/aromatic N) is 3. The third kappa shape index (κ3) is 4.76. The van der Waals surface area contributed by atoms with Gasteiger partial charge >= 0.3 is 0 Å². The number of rotatable bonds is 8. The molecule has 0 aliphatic heterocycles. The number of nitrogens with one attached hydrogen (secondary N) is 1. The standard InChI is InChI=1S/C18H19FN4O3/c1-2-9-23(11-16(24)20-14-7-5-13(19)6-8-14)12-17-21-22-18(26-17)15-4-3-10-25-15/h3-8,10H,2,9,11-12H2,1H3,(H,20,24). The number of amides is 1. The number of hydrogen-bond donors (Lipinski definition) is 1. The first kappa shape index (κ1) is 17.8. The van der Waals surface area contributed by atoms with Gasteiger partial charge in [0.15, 0.2) is 5.76 Å². The molecule has 0 fully saturated rings. The first-order chi connectivity index (χ1) is 12.6. The lowest BCUT2D eigenvalue weighted by molar-refractivity contribution is -0.117. The number of carbonyl (C=O) groups excluding carboxylic acids is 1. The van der Waals surface area contributed by atoms with Crippen molar-refractivity contribution < 1.29 is 18.0 Å². The quantitative estimate of drug-likeness (QED) is 0.665. The van der Waals surface area contributed by atoms with Crippen molar-refractivity contribution >= 4 is 11.6 Å². The molecule has 8 heteroatoms. The molecule has 3 rings (SSSR count). The molecule has 3 aromatic rings. The molecule has 26 heavy (non-hydrogen) atoms. The van der Waals surface area contributed by atoms with Gasteiger partial charge in [-0.2, -0.15) is 0 Å². The highest BCUT2D eigenvalue weighted by atomic mass is 19.1. The van der Waals surface area contributed by atoms with Gasteiger partial charge in [-0.05, 0) is 49.4 Å². The van der Waals surface area contributed by atoms with Crippen molar-refractivity contribution in [2.24, 2.45) is 0 Å². The summed E-state index contributed by atoms with van der Waals surface area (Å²) in [6, 6.07) is 9.11. The van der Waals surface area contributed by atoms with Crippen LogP contribution in [0.3, 0.4) is 0 Å². The Morgan fingerprint density at radius 3 is 2.73 bits per heavy atom.